The van der Waals surface area contributed by atoms with Crippen LogP contribution in [0.3, 0.4) is 0 Å². The van der Waals surface area contributed by atoms with Crippen molar-refractivity contribution >= 4 is 6.09 Å². The van der Waals surface area contributed by atoms with E-state index in [4.69, 9.17) is 9.47 Å². The fourth-order valence-corrected chi connectivity index (χ4v) is 12.2. The summed E-state index contributed by atoms with van der Waals surface area (Å²) in [5, 5.41) is 23.3. The average Bonchev–Trinajstić information content (AvgIpc) is 3.49. The molecule has 1 amide bonds. The van der Waals surface area contributed by atoms with Crippen molar-refractivity contribution in [1.29, 1.82) is 0 Å². The third kappa shape index (κ3) is 3.29. The van der Waals surface area contributed by atoms with Crippen LogP contribution in [-0.2, 0) is 9.47 Å². The summed E-state index contributed by atoms with van der Waals surface area (Å²) in [6.45, 7) is 17.8. The Morgan fingerprint density at radius 1 is 1.03 bits per heavy atom. The van der Waals surface area contributed by atoms with Gasteiger partial charge >= 0.3 is 6.09 Å². The maximum atomic E-state index is 12.5. The monoisotopic (exact) mass is 543 g/mol. The second-order valence-corrected chi connectivity index (χ2v) is 16.1. The Morgan fingerprint density at radius 2 is 1.67 bits per heavy atom. The van der Waals surface area contributed by atoms with E-state index in [2.05, 4.69) is 41.2 Å². The third-order valence-corrected chi connectivity index (χ3v) is 14.2. The lowest BCUT2D eigenvalue weighted by Crippen LogP contribution is -2.59. The first kappa shape index (κ1) is 28.0. The Kier molecular flexibility index (Phi) is 6.09. The lowest BCUT2D eigenvalue weighted by Gasteiger charge is -2.63. The van der Waals surface area contributed by atoms with E-state index in [0.29, 0.717) is 28.6 Å². The summed E-state index contributed by atoms with van der Waals surface area (Å²) in [5.74, 6) is 1.67. The number of hydrogen-bond donors (Lipinski definition) is 2. The maximum absolute atomic E-state index is 12.5. The standard InChI is InChI=1S/C33H53NO5/c1-18(2)25(39-28(37)34(8)9)20-16-19(3)24-26(38-20)27(36)31(7)22-11-10-21-29(4,5)23(35)12-13-32(21)17-33(22,32)15-14-30(24,31)6/h19-27,35-36H,1,10-17H2,2-9H3/t19-,20?,21+,22?,23?,24+,25?,26?,27+,30?,31-,32?,33?/m1/s1. The molecule has 6 rings (SSSR count). The van der Waals surface area contributed by atoms with Crippen molar-refractivity contribution in [2.24, 2.45) is 50.7 Å². The van der Waals surface area contributed by atoms with Crippen LogP contribution in [0.1, 0.15) is 92.9 Å². The van der Waals surface area contributed by atoms with E-state index in [1.165, 1.54) is 17.7 Å². The number of carbonyl (C=O) groups excluding carboxylic acids is 1. The average molecular weight is 544 g/mol. The molecular formula is C33H53NO5. The van der Waals surface area contributed by atoms with E-state index in [9.17, 15) is 15.0 Å². The van der Waals surface area contributed by atoms with Gasteiger partial charge in [-0.1, -0.05) is 41.2 Å². The van der Waals surface area contributed by atoms with Crippen LogP contribution >= 0.6 is 0 Å². The van der Waals surface area contributed by atoms with Gasteiger partial charge in [-0.15, -0.1) is 0 Å². The molecule has 1 aliphatic heterocycles. The number of carbonyl (C=O) groups is 1. The lowest BCUT2D eigenvalue weighted by molar-refractivity contribution is -0.183. The summed E-state index contributed by atoms with van der Waals surface area (Å²) in [6.07, 6.45) is 6.55. The van der Waals surface area contributed by atoms with Gasteiger partial charge in [-0.05, 0) is 109 Å². The van der Waals surface area contributed by atoms with Crippen molar-refractivity contribution in [3.63, 3.8) is 0 Å². The number of hydrogen-bond acceptors (Lipinski definition) is 5. The molecule has 5 saturated carbocycles. The van der Waals surface area contributed by atoms with Crippen LogP contribution in [0.4, 0.5) is 4.79 Å². The zero-order chi connectivity index (χ0) is 28.5. The molecule has 2 spiro atoms. The topological polar surface area (TPSA) is 79.2 Å². The molecule has 1 heterocycles. The quantitative estimate of drug-likeness (QED) is 0.440. The van der Waals surface area contributed by atoms with Gasteiger partial charge in [-0.2, -0.15) is 0 Å². The van der Waals surface area contributed by atoms with Crippen LogP contribution in [0, 0.1) is 50.7 Å². The highest BCUT2D eigenvalue weighted by molar-refractivity contribution is 5.67. The number of rotatable bonds is 3. The second kappa shape index (κ2) is 8.47. The first-order valence-electron chi connectivity index (χ1n) is 15.6. The molecule has 2 N–H and O–H groups in total. The highest BCUT2D eigenvalue weighted by Gasteiger charge is 2.84. The van der Waals surface area contributed by atoms with Crippen molar-refractivity contribution in [3.8, 4) is 0 Å². The van der Waals surface area contributed by atoms with Crippen LogP contribution in [-0.4, -0.2) is 65.8 Å². The highest BCUT2D eigenvalue weighted by atomic mass is 16.6. The number of amides is 1. The molecule has 6 nitrogen and oxygen atoms in total. The van der Waals surface area contributed by atoms with Gasteiger partial charge in [-0.25, -0.2) is 4.79 Å². The first-order chi connectivity index (χ1) is 18.1. The van der Waals surface area contributed by atoms with Crippen molar-refractivity contribution in [2.75, 3.05) is 14.1 Å². The highest BCUT2D eigenvalue weighted by Crippen LogP contribution is 2.89. The molecule has 6 aliphatic rings. The molecule has 6 heteroatoms. The van der Waals surface area contributed by atoms with Crippen molar-refractivity contribution in [2.45, 2.75) is 123 Å². The molecule has 5 aliphatic carbocycles. The molecule has 6 fully saturated rings. The van der Waals surface area contributed by atoms with Crippen LogP contribution in [0.2, 0.25) is 0 Å². The van der Waals surface area contributed by atoms with Crippen LogP contribution in [0.5, 0.6) is 0 Å². The maximum Gasteiger partial charge on any atom is 0.409 e. The number of aliphatic hydroxyl groups excluding tert-OH is 2. The Balaban J connectivity index is 1.32. The summed E-state index contributed by atoms with van der Waals surface area (Å²) >= 11 is 0. The van der Waals surface area contributed by atoms with E-state index in [0.717, 1.165) is 44.1 Å². The summed E-state index contributed by atoms with van der Waals surface area (Å²) in [7, 11) is 3.38. The van der Waals surface area contributed by atoms with Crippen LogP contribution in [0.15, 0.2) is 12.2 Å². The molecule has 8 unspecified atom stereocenters. The van der Waals surface area contributed by atoms with E-state index >= 15 is 0 Å². The van der Waals surface area contributed by atoms with Gasteiger partial charge in [0.25, 0.3) is 0 Å². The van der Waals surface area contributed by atoms with Crippen LogP contribution < -0.4 is 0 Å². The first-order valence-corrected chi connectivity index (χ1v) is 15.6. The van der Waals surface area contributed by atoms with Gasteiger partial charge in [0.15, 0.2) is 6.10 Å². The van der Waals surface area contributed by atoms with Gasteiger partial charge in [0.2, 0.25) is 0 Å². The zero-order valence-electron chi connectivity index (χ0n) is 25.6. The smallest absolute Gasteiger partial charge is 0.409 e. The minimum atomic E-state index is -0.549. The minimum absolute atomic E-state index is 0.00324. The zero-order valence-corrected chi connectivity index (χ0v) is 25.6. The van der Waals surface area contributed by atoms with E-state index in [1.54, 1.807) is 14.1 Å². The third-order valence-electron chi connectivity index (χ3n) is 14.2. The van der Waals surface area contributed by atoms with E-state index < -0.39 is 12.2 Å². The van der Waals surface area contributed by atoms with E-state index in [1.807, 2.05) is 6.92 Å². The molecule has 0 aromatic rings. The number of nitrogens with zero attached hydrogens (tertiary/aromatic N) is 1. The lowest BCUT2D eigenvalue weighted by atomic mass is 9.41. The molecular weight excluding hydrogens is 490 g/mol. The van der Waals surface area contributed by atoms with E-state index in [-0.39, 0.29) is 46.6 Å². The number of ether oxygens (including phenoxy) is 2. The van der Waals surface area contributed by atoms with Crippen LogP contribution in [0.25, 0.3) is 0 Å². The minimum Gasteiger partial charge on any atom is -0.439 e. The number of aliphatic hydroxyl groups is 2. The molecule has 1 saturated heterocycles. The molecule has 39 heavy (non-hydrogen) atoms. The fraction of sp³-hybridized carbons (Fsp3) is 0.909. The molecule has 0 aromatic heterocycles. The van der Waals surface area contributed by atoms with Gasteiger partial charge < -0.3 is 24.6 Å². The molecule has 0 bridgehead atoms. The summed E-state index contributed by atoms with van der Waals surface area (Å²) < 4.78 is 12.7. The summed E-state index contributed by atoms with van der Waals surface area (Å²) in [4.78, 5) is 13.9. The predicted molar refractivity (Wildman–Crippen MR) is 151 cm³/mol. The molecule has 0 radical (unpaired) electrons. The van der Waals surface area contributed by atoms with Crippen molar-refractivity contribution < 1.29 is 24.5 Å². The Morgan fingerprint density at radius 3 is 2.31 bits per heavy atom. The Bertz CT molecular complexity index is 1060. The molecule has 0 aromatic carbocycles. The Hall–Kier alpha value is -1.11. The van der Waals surface area contributed by atoms with Gasteiger partial charge in [0, 0.05) is 19.5 Å². The van der Waals surface area contributed by atoms with Gasteiger partial charge in [0.1, 0.15) is 0 Å². The largest absolute Gasteiger partial charge is 0.439 e. The molecule has 220 valence electrons. The predicted octanol–water partition coefficient (Wildman–Crippen LogP) is 5.80. The SMILES string of the molecule is C=C(C)C(OC(=O)N(C)C)C1C[C@@H](C)[C@H]2C(O1)[C@H](O)[C@@]1(C)C3CC[C@H]4C(C)(C)C(O)CCC45CC35CCC21C. The van der Waals surface area contributed by atoms with Crippen molar-refractivity contribution in [1.82, 2.24) is 4.90 Å². The number of fused-ring (bicyclic) bond motifs is 4. The second-order valence-electron chi connectivity index (χ2n) is 16.1. The normalized spacial score (nSPS) is 53.7. The Labute approximate surface area is 235 Å². The summed E-state index contributed by atoms with van der Waals surface area (Å²) in [6, 6.07) is 0. The molecule has 13 atom stereocenters. The summed E-state index contributed by atoms with van der Waals surface area (Å²) in [5.41, 5.74) is 1.14. The fourth-order valence-electron chi connectivity index (χ4n) is 12.2. The van der Waals surface area contributed by atoms with Crippen molar-refractivity contribution in [3.05, 3.63) is 12.2 Å². The van der Waals surface area contributed by atoms with Gasteiger partial charge in [-0.3, -0.25) is 0 Å². The van der Waals surface area contributed by atoms with Gasteiger partial charge in [0.05, 0.1) is 24.4 Å².